The van der Waals surface area contributed by atoms with Gasteiger partial charge in [0.1, 0.15) is 0 Å². The van der Waals surface area contributed by atoms with Crippen LogP contribution < -0.4 is 25.4 Å². The van der Waals surface area contributed by atoms with Crippen LogP contribution in [-0.4, -0.2) is 46.5 Å². The molecule has 0 spiro atoms. The zero-order chi connectivity index (χ0) is 20.9. The molecule has 0 aliphatic heterocycles. The quantitative estimate of drug-likeness (QED) is 0.174. The summed E-state index contributed by atoms with van der Waals surface area (Å²) in [6.45, 7) is 7.37. The van der Waals surface area contributed by atoms with Crippen molar-refractivity contribution >= 4 is 41.3 Å². The lowest BCUT2D eigenvalue weighted by Crippen LogP contribution is -2.30. The fourth-order valence-electron chi connectivity index (χ4n) is 2.66. The van der Waals surface area contributed by atoms with Crippen LogP contribution in [0, 0.1) is 0 Å². The Kier molecular flexibility index (Phi) is 12.7. The average Bonchev–Trinajstić information content (AvgIpc) is 2.74. The van der Waals surface area contributed by atoms with E-state index in [0.717, 1.165) is 30.0 Å². The first kappa shape index (κ1) is 25.8. The van der Waals surface area contributed by atoms with Gasteiger partial charge in [-0.2, -0.15) is 0 Å². The molecule has 0 aliphatic rings. The first-order chi connectivity index (χ1) is 14.2. The molecule has 0 saturated heterocycles. The number of hydrogen-bond acceptors (Lipinski definition) is 5. The van der Waals surface area contributed by atoms with E-state index in [9.17, 15) is 0 Å². The zero-order valence-corrected chi connectivity index (χ0v) is 20.5. The third kappa shape index (κ3) is 8.66. The van der Waals surface area contributed by atoms with Crippen LogP contribution in [0.4, 0.5) is 11.4 Å². The number of benzene rings is 2. The number of nitrogens with zero attached hydrogens (tertiary/aromatic N) is 1. The lowest BCUT2D eigenvalue weighted by atomic mass is 10.2. The van der Waals surface area contributed by atoms with Gasteiger partial charge in [-0.15, -0.1) is 24.0 Å². The van der Waals surface area contributed by atoms with Crippen LogP contribution in [0.2, 0.25) is 0 Å². The van der Waals surface area contributed by atoms with E-state index in [-0.39, 0.29) is 24.0 Å². The van der Waals surface area contributed by atoms with Crippen molar-refractivity contribution in [2.75, 3.05) is 51.2 Å². The van der Waals surface area contributed by atoms with E-state index in [1.807, 2.05) is 32.0 Å². The molecule has 8 heteroatoms. The Morgan fingerprint density at radius 2 is 1.70 bits per heavy atom. The fraction of sp³-hybridized carbons (Fsp3) is 0.409. The molecule has 3 N–H and O–H groups in total. The van der Waals surface area contributed by atoms with Crippen molar-refractivity contribution in [1.29, 1.82) is 0 Å². The average molecular weight is 528 g/mol. The van der Waals surface area contributed by atoms with Gasteiger partial charge in [-0.05, 0) is 43.7 Å². The molecule has 166 valence electrons. The molecule has 0 aliphatic carbocycles. The van der Waals surface area contributed by atoms with E-state index in [1.165, 1.54) is 0 Å². The molecule has 0 aromatic heterocycles. The third-order valence-electron chi connectivity index (χ3n) is 4.08. The molecule has 2 aromatic carbocycles. The predicted molar refractivity (Wildman–Crippen MR) is 135 cm³/mol. The number of rotatable bonds is 11. The molecule has 0 heterocycles. The highest BCUT2D eigenvalue weighted by molar-refractivity contribution is 14.0. The van der Waals surface area contributed by atoms with Crippen LogP contribution in [0.5, 0.6) is 11.5 Å². The number of nitrogens with one attached hydrogen (secondary N) is 3. The van der Waals surface area contributed by atoms with Crippen molar-refractivity contribution in [3.63, 3.8) is 0 Å². The number of ether oxygens (including phenoxy) is 3. The van der Waals surface area contributed by atoms with Crippen LogP contribution in [0.15, 0.2) is 47.5 Å². The van der Waals surface area contributed by atoms with Crippen LogP contribution in [0.3, 0.4) is 0 Å². The minimum absolute atomic E-state index is 0. The van der Waals surface area contributed by atoms with Crippen molar-refractivity contribution in [2.24, 2.45) is 4.99 Å². The Labute approximate surface area is 196 Å². The van der Waals surface area contributed by atoms with Gasteiger partial charge in [0, 0.05) is 37.6 Å². The Balaban J connectivity index is 0.00000450. The van der Waals surface area contributed by atoms with E-state index in [2.05, 4.69) is 45.2 Å². The van der Waals surface area contributed by atoms with Gasteiger partial charge in [0.15, 0.2) is 17.5 Å². The second kappa shape index (κ2) is 14.7. The molecular formula is C22H33IN4O3. The highest BCUT2D eigenvalue weighted by atomic mass is 127. The Morgan fingerprint density at radius 1 is 0.967 bits per heavy atom. The minimum Gasteiger partial charge on any atom is -0.493 e. The van der Waals surface area contributed by atoms with Gasteiger partial charge in [-0.3, -0.25) is 0 Å². The summed E-state index contributed by atoms with van der Waals surface area (Å²) >= 11 is 0. The summed E-state index contributed by atoms with van der Waals surface area (Å²) in [6, 6.07) is 14.0. The minimum atomic E-state index is 0. The SMILES string of the molecule is CCNC(=NCc1ccc(NCCOC)cc1)Nc1ccc(OC)c(OCC)c1.I. The van der Waals surface area contributed by atoms with Crippen molar-refractivity contribution in [1.82, 2.24) is 5.32 Å². The number of methoxy groups -OCH3 is 2. The van der Waals surface area contributed by atoms with Crippen LogP contribution >= 0.6 is 24.0 Å². The third-order valence-corrected chi connectivity index (χ3v) is 4.08. The first-order valence-corrected chi connectivity index (χ1v) is 9.88. The topological polar surface area (TPSA) is 76.1 Å². The molecule has 0 amide bonds. The van der Waals surface area contributed by atoms with E-state index in [4.69, 9.17) is 14.2 Å². The number of hydrogen-bond donors (Lipinski definition) is 3. The Hall–Kier alpha value is -2.20. The maximum Gasteiger partial charge on any atom is 0.196 e. The molecule has 7 nitrogen and oxygen atoms in total. The molecule has 2 aromatic rings. The lowest BCUT2D eigenvalue weighted by Gasteiger charge is -2.14. The molecule has 2 rings (SSSR count). The molecule has 0 radical (unpaired) electrons. The molecule has 0 bridgehead atoms. The van der Waals surface area contributed by atoms with Crippen molar-refractivity contribution in [3.05, 3.63) is 48.0 Å². The summed E-state index contributed by atoms with van der Waals surface area (Å²) in [5, 5.41) is 9.90. The van der Waals surface area contributed by atoms with Gasteiger partial charge in [-0.25, -0.2) is 4.99 Å². The smallest absolute Gasteiger partial charge is 0.196 e. The van der Waals surface area contributed by atoms with E-state index >= 15 is 0 Å². The van der Waals surface area contributed by atoms with E-state index < -0.39 is 0 Å². The van der Waals surface area contributed by atoms with Gasteiger partial charge in [-0.1, -0.05) is 12.1 Å². The molecule has 0 fully saturated rings. The van der Waals surface area contributed by atoms with Gasteiger partial charge < -0.3 is 30.2 Å². The summed E-state index contributed by atoms with van der Waals surface area (Å²) in [5.41, 5.74) is 3.08. The molecule has 30 heavy (non-hydrogen) atoms. The monoisotopic (exact) mass is 528 g/mol. The van der Waals surface area contributed by atoms with Crippen LogP contribution in [0.25, 0.3) is 0 Å². The highest BCUT2D eigenvalue weighted by Crippen LogP contribution is 2.30. The van der Waals surface area contributed by atoms with Gasteiger partial charge in [0.05, 0.1) is 26.9 Å². The molecule has 0 unspecified atom stereocenters. The van der Waals surface area contributed by atoms with Crippen molar-refractivity contribution in [3.8, 4) is 11.5 Å². The molecular weight excluding hydrogens is 495 g/mol. The second-order valence-electron chi connectivity index (χ2n) is 6.24. The van der Waals surface area contributed by atoms with Gasteiger partial charge in [0.2, 0.25) is 0 Å². The lowest BCUT2D eigenvalue weighted by molar-refractivity contribution is 0.211. The van der Waals surface area contributed by atoms with Crippen molar-refractivity contribution in [2.45, 2.75) is 20.4 Å². The van der Waals surface area contributed by atoms with Crippen molar-refractivity contribution < 1.29 is 14.2 Å². The summed E-state index contributed by atoms with van der Waals surface area (Å²) in [6.07, 6.45) is 0. The fourth-order valence-corrected chi connectivity index (χ4v) is 2.66. The number of aliphatic imine (C=N–C) groups is 1. The standard InChI is InChI=1S/C22H32N4O3.HI/c1-5-23-22(26-19-11-12-20(28-4)21(15-19)29-6-2)25-16-17-7-9-18(10-8-17)24-13-14-27-3;/h7-12,15,24H,5-6,13-14,16H2,1-4H3,(H2,23,25,26);1H. The maximum atomic E-state index is 5.65. The van der Waals surface area contributed by atoms with Crippen LogP contribution in [-0.2, 0) is 11.3 Å². The predicted octanol–water partition coefficient (Wildman–Crippen LogP) is 4.35. The Bertz CT molecular complexity index is 769. The van der Waals surface area contributed by atoms with Gasteiger partial charge in [0.25, 0.3) is 0 Å². The summed E-state index contributed by atoms with van der Waals surface area (Å²) in [5.74, 6) is 2.12. The second-order valence-corrected chi connectivity index (χ2v) is 6.24. The summed E-state index contributed by atoms with van der Waals surface area (Å²) in [4.78, 5) is 4.68. The van der Waals surface area contributed by atoms with Gasteiger partial charge >= 0.3 is 0 Å². The summed E-state index contributed by atoms with van der Waals surface area (Å²) in [7, 11) is 3.33. The molecule has 0 atom stereocenters. The van der Waals surface area contributed by atoms with E-state index in [0.29, 0.717) is 37.2 Å². The number of halogens is 1. The zero-order valence-electron chi connectivity index (χ0n) is 18.2. The highest BCUT2D eigenvalue weighted by Gasteiger charge is 2.07. The number of guanidine groups is 1. The molecule has 0 saturated carbocycles. The summed E-state index contributed by atoms with van der Waals surface area (Å²) < 4.78 is 16.0. The largest absolute Gasteiger partial charge is 0.493 e. The van der Waals surface area contributed by atoms with Crippen LogP contribution in [0.1, 0.15) is 19.4 Å². The maximum absolute atomic E-state index is 5.65. The van der Waals surface area contributed by atoms with E-state index in [1.54, 1.807) is 14.2 Å². The first-order valence-electron chi connectivity index (χ1n) is 9.88. The normalized spacial score (nSPS) is 10.7. The number of anilines is 2. The Morgan fingerprint density at radius 3 is 2.33 bits per heavy atom.